The molecule has 0 fully saturated rings. The lowest BCUT2D eigenvalue weighted by molar-refractivity contribution is -0.120. The molecule has 1 amide bonds. The van der Waals surface area contributed by atoms with E-state index in [4.69, 9.17) is 9.47 Å². The Morgan fingerprint density at radius 1 is 1.09 bits per heavy atom. The van der Waals surface area contributed by atoms with Crippen molar-refractivity contribution in [3.05, 3.63) is 59.6 Å². The summed E-state index contributed by atoms with van der Waals surface area (Å²) in [6.45, 7) is 8.16. The highest BCUT2D eigenvalue weighted by atomic mass is 32.1. The highest BCUT2D eigenvalue weighted by molar-refractivity contribution is 7.13. The second-order valence-corrected chi connectivity index (χ2v) is 11.3. The number of nitrogens with one attached hydrogen (secondary N) is 1. The quantitative estimate of drug-likeness (QED) is 0.585. The third kappa shape index (κ3) is 5.48. The minimum Gasteiger partial charge on any atom is -0.486 e. The number of nitrogens with zero attached hydrogens (tertiary/aromatic N) is 1. The Kier molecular flexibility index (Phi) is 6.77. The van der Waals surface area contributed by atoms with Crippen molar-refractivity contribution in [2.45, 2.75) is 34.2 Å². The summed E-state index contributed by atoms with van der Waals surface area (Å²) in [5, 5.41) is 2.80. The first-order chi connectivity index (χ1) is 16.1. The van der Waals surface area contributed by atoms with Gasteiger partial charge in [0.1, 0.15) is 24.4 Å². The van der Waals surface area contributed by atoms with Gasteiger partial charge in [0.25, 0.3) is 5.56 Å². The molecule has 0 saturated heterocycles. The lowest BCUT2D eigenvalue weighted by Crippen LogP contribution is -2.36. The Bertz CT molecular complexity index is 1420. The molecule has 0 spiro atoms. The average molecular weight is 499 g/mol. The van der Waals surface area contributed by atoms with Crippen LogP contribution in [-0.2, 0) is 16.1 Å². The van der Waals surface area contributed by atoms with E-state index in [1.165, 1.54) is 22.0 Å². The SMILES string of the molecule is Cc1ccc(/C=c2\s/c(=C/C(=O)C(C)(C)C)n(CC(=O)Nc3ccc4c(c3)OCCO4)c2=O)s1. The van der Waals surface area contributed by atoms with Gasteiger partial charge in [0.05, 0.1) is 4.53 Å². The van der Waals surface area contributed by atoms with Crippen LogP contribution in [-0.4, -0.2) is 29.5 Å². The van der Waals surface area contributed by atoms with Crippen LogP contribution in [0.3, 0.4) is 0 Å². The van der Waals surface area contributed by atoms with Crippen molar-refractivity contribution in [3.8, 4) is 11.5 Å². The molecule has 4 rings (SSSR count). The number of carbonyl (C=O) groups excluding carboxylic acids is 2. The van der Waals surface area contributed by atoms with Crippen molar-refractivity contribution in [1.82, 2.24) is 4.57 Å². The van der Waals surface area contributed by atoms with Gasteiger partial charge in [0.2, 0.25) is 5.91 Å². The number of amides is 1. The fraction of sp³-hybridized carbons (Fsp3) is 0.320. The van der Waals surface area contributed by atoms with Crippen LogP contribution in [0.2, 0.25) is 0 Å². The lowest BCUT2D eigenvalue weighted by atomic mass is 9.91. The highest BCUT2D eigenvalue weighted by Crippen LogP contribution is 2.32. The molecule has 0 aliphatic carbocycles. The monoisotopic (exact) mass is 498 g/mol. The predicted molar refractivity (Wildman–Crippen MR) is 135 cm³/mol. The molecule has 0 radical (unpaired) electrons. The molecular weight excluding hydrogens is 472 g/mol. The summed E-state index contributed by atoms with van der Waals surface area (Å²) < 4.78 is 13.3. The van der Waals surface area contributed by atoms with Crippen LogP contribution in [0.4, 0.5) is 5.69 Å². The second kappa shape index (κ2) is 9.60. The van der Waals surface area contributed by atoms with E-state index in [1.807, 2.05) is 39.8 Å². The van der Waals surface area contributed by atoms with Gasteiger partial charge in [0.15, 0.2) is 17.3 Å². The molecule has 178 valence electrons. The largest absolute Gasteiger partial charge is 0.486 e. The minimum absolute atomic E-state index is 0.117. The number of ketones is 1. The molecule has 0 bridgehead atoms. The third-order valence-corrected chi connectivity index (χ3v) is 7.10. The Hall–Kier alpha value is -3.17. The van der Waals surface area contributed by atoms with E-state index >= 15 is 0 Å². The maximum atomic E-state index is 13.2. The molecule has 9 heteroatoms. The van der Waals surface area contributed by atoms with Gasteiger partial charge in [-0.25, -0.2) is 0 Å². The number of thiophene rings is 1. The minimum atomic E-state index is -0.604. The van der Waals surface area contributed by atoms with Crippen molar-refractivity contribution in [3.63, 3.8) is 0 Å². The van der Waals surface area contributed by atoms with Crippen LogP contribution in [0.5, 0.6) is 11.5 Å². The van der Waals surface area contributed by atoms with Gasteiger partial charge >= 0.3 is 0 Å². The number of anilines is 1. The molecule has 34 heavy (non-hydrogen) atoms. The number of Topliss-reactive ketones (excluding diaryl/α,β-unsaturated/α-hetero) is 1. The van der Waals surface area contributed by atoms with Crippen LogP contribution in [0.1, 0.15) is 30.5 Å². The maximum Gasteiger partial charge on any atom is 0.269 e. The van der Waals surface area contributed by atoms with Gasteiger partial charge in [0, 0.05) is 33.0 Å². The van der Waals surface area contributed by atoms with Crippen molar-refractivity contribution in [2.24, 2.45) is 5.41 Å². The number of aromatic nitrogens is 1. The Balaban J connectivity index is 1.67. The summed E-state index contributed by atoms with van der Waals surface area (Å²) in [6, 6.07) is 9.08. The fourth-order valence-electron chi connectivity index (χ4n) is 3.25. The predicted octanol–water partition coefficient (Wildman–Crippen LogP) is 2.91. The molecule has 1 aliphatic rings. The topological polar surface area (TPSA) is 86.6 Å². The van der Waals surface area contributed by atoms with Crippen LogP contribution in [0, 0.1) is 12.3 Å². The number of thiazole rings is 1. The van der Waals surface area contributed by atoms with E-state index < -0.39 is 5.41 Å². The summed E-state index contributed by atoms with van der Waals surface area (Å²) in [4.78, 5) is 40.8. The van der Waals surface area contributed by atoms with E-state index in [-0.39, 0.29) is 23.8 Å². The molecule has 1 N–H and O–H groups in total. The van der Waals surface area contributed by atoms with Crippen molar-refractivity contribution in [1.29, 1.82) is 0 Å². The van der Waals surface area contributed by atoms with E-state index in [1.54, 1.807) is 35.6 Å². The Morgan fingerprint density at radius 2 is 1.82 bits per heavy atom. The summed E-state index contributed by atoms with van der Waals surface area (Å²) in [5.74, 6) is 0.686. The Labute approximate surface area is 205 Å². The third-order valence-electron chi connectivity index (χ3n) is 5.09. The number of hydrogen-bond donors (Lipinski definition) is 1. The van der Waals surface area contributed by atoms with E-state index in [0.29, 0.717) is 39.6 Å². The molecular formula is C25H26N2O5S2. The maximum absolute atomic E-state index is 13.2. The molecule has 7 nitrogen and oxygen atoms in total. The van der Waals surface area contributed by atoms with E-state index in [0.717, 1.165) is 9.75 Å². The zero-order valence-electron chi connectivity index (χ0n) is 19.5. The van der Waals surface area contributed by atoms with Crippen LogP contribution < -0.4 is 29.5 Å². The van der Waals surface area contributed by atoms with Crippen molar-refractivity contribution < 1.29 is 19.1 Å². The number of benzene rings is 1. The molecule has 1 aromatic carbocycles. The first kappa shape index (κ1) is 24.0. The molecule has 0 unspecified atom stereocenters. The zero-order chi connectivity index (χ0) is 24.5. The molecule has 3 heterocycles. The zero-order valence-corrected chi connectivity index (χ0v) is 21.1. The van der Waals surface area contributed by atoms with Crippen LogP contribution in [0.15, 0.2) is 35.1 Å². The second-order valence-electron chi connectivity index (χ2n) is 8.95. The number of rotatable bonds is 5. The summed E-state index contributed by atoms with van der Waals surface area (Å²) in [5.41, 5.74) is -0.372. The van der Waals surface area contributed by atoms with Crippen molar-refractivity contribution in [2.75, 3.05) is 18.5 Å². The number of fused-ring (bicyclic) bond motifs is 1. The van der Waals surface area contributed by atoms with Gasteiger partial charge in [-0.05, 0) is 37.3 Å². The lowest BCUT2D eigenvalue weighted by Gasteiger charge is -2.19. The molecule has 1 aliphatic heterocycles. The highest BCUT2D eigenvalue weighted by Gasteiger charge is 2.20. The van der Waals surface area contributed by atoms with Gasteiger partial charge in [-0.15, -0.1) is 22.7 Å². The number of aryl methyl sites for hydroxylation is 1. The van der Waals surface area contributed by atoms with Gasteiger partial charge in [-0.2, -0.15) is 0 Å². The summed E-state index contributed by atoms with van der Waals surface area (Å²) in [7, 11) is 0. The molecule has 3 aromatic rings. The van der Waals surface area contributed by atoms with Crippen LogP contribution >= 0.6 is 22.7 Å². The molecule has 2 aromatic heterocycles. The van der Waals surface area contributed by atoms with Crippen molar-refractivity contribution >= 4 is 52.2 Å². The molecule has 0 atom stereocenters. The summed E-state index contributed by atoms with van der Waals surface area (Å²) >= 11 is 2.79. The number of hydrogen-bond acceptors (Lipinski definition) is 7. The first-order valence-electron chi connectivity index (χ1n) is 10.8. The molecule has 0 saturated carbocycles. The van der Waals surface area contributed by atoms with Gasteiger partial charge in [-0.3, -0.25) is 19.0 Å². The summed E-state index contributed by atoms with van der Waals surface area (Å²) in [6.07, 6.45) is 3.26. The van der Waals surface area contributed by atoms with E-state index in [9.17, 15) is 14.4 Å². The first-order valence-corrected chi connectivity index (χ1v) is 12.5. The Morgan fingerprint density at radius 3 is 2.50 bits per heavy atom. The average Bonchev–Trinajstić information content (AvgIpc) is 3.31. The fourth-order valence-corrected chi connectivity index (χ4v) is 5.17. The van der Waals surface area contributed by atoms with Gasteiger partial charge < -0.3 is 14.8 Å². The van der Waals surface area contributed by atoms with Crippen LogP contribution in [0.25, 0.3) is 12.2 Å². The number of ether oxygens (including phenoxy) is 2. The smallest absolute Gasteiger partial charge is 0.269 e. The normalized spacial score (nSPS) is 14.4. The standard InChI is InChI=1S/C25H26N2O5S2/c1-15-5-7-17(33-15)12-20-24(30)27(23(34-20)13-21(28)25(2,3)4)14-22(29)26-16-6-8-18-19(11-16)32-10-9-31-18/h5-8,11-13H,9-10,14H2,1-4H3,(H,26,29)/b20-12-,23-13+. The van der Waals surface area contributed by atoms with Gasteiger partial charge in [-0.1, -0.05) is 20.8 Å². The number of carbonyl (C=O) groups is 2. The van der Waals surface area contributed by atoms with E-state index in [2.05, 4.69) is 5.32 Å².